The van der Waals surface area contributed by atoms with Crippen molar-refractivity contribution >= 4 is 10.9 Å². The summed E-state index contributed by atoms with van der Waals surface area (Å²) in [6.45, 7) is 1.86. The van der Waals surface area contributed by atoms with Gasteiger partial charge in [0.2, 0.25) is 0 Å². The second-order valence-corrected chi connectivity index (χ2v) is 2.98. The molecule has 0 atom stereocenters. The van der Waals surface area contributed by atoms with Gasteiger partial charge in [-0.1, -0.05) is 0 Å². The molecule has 0 unspecified atom stereocenters. The number of aromatic nitrogens is 2. The molecule has 0 fully saturated rings. The van der Waals surface area contributed by atoms with Crippen LogP contribution in [0.5, 0.6) is 0 Å². The van der Waals surface area contributed by atoms with Gasteiger partial charge in [0.05, 0.1) is 10.9 Å². The number of halogens is 1. The van der Waals surface area contributed by atoms with Gasteiger partial charge < -0.3 is 0 Å². The van der Waals surface area contributed by atoms with Crippen LogP contribution in [-0.2, 0) is 7.05 Å². The highest BCUT2D eigenvalue weighted by Gasteiger charge is 2.04. The van der Waals surface area contributed by atoms with Gasteiger partial charge in [-0.15, -0.1) is 0 Å². The van der Waals surface area contributed by atoms with Crippen molar-refractivity contribution in [3.63, 3.8) is 0 Å². The SMILES string of the molecule is Cc1cc(F)c2cn(C)nc2c1. The average molecular weight is 164 g/mol. The quantitative estimate of drug-likeness (QED) is 0.582. The number of hydrogen-bond acceptors (Lipinski definition) is 1. The molecule has 1 heterocycles. The predicted molar refractivity (Wildman–Crippen MR) is 45.4 cm³/mol. The fourth-order valence-corrected chi connectivity index (χ4v) is 1.33. The molecule has 0 N–H and O–H groups in total. The Morgan fingerprint density at radius 2 is 2.17 bits per heavy atom. The number of aryl methyl sites for hydroxylation is 2. The third-order valence-electron chi connectivity index (χ3n) is 1.83. The number of benzene rings is 1. The molecule has 0 aliphatic heterocycles. The van der Waals surface area contributed by atoms with Gasteiger partial charge >= 0.3 is 0 Å². The highest BCUT2D eigenvalue weighted by molar-refractivity contribution is 5.79. The number of rotatable bonds is 0. The maximum Gasteiger partial charge on any atom is 0.134 e. The molecule has 0 amide bonds. The van der Waals surface area contributed by atoms with E-state index in [-0.39, 0.29) is 5.82 Å². The molecule has 0 aliphatic carbocycles. The van der Waals surface area contributed by atoms with Crippen LogP contribution < -0.4 is 0 Å². The van der Waals surface area contributed by atoms with Crippen molar-refractivity contribution in [2.45, 2.75) is 6.92 Å². The predicted octanol–water partition coefficient (Wildman–Crippen LogP) is 2.02. The Morgan fingerprint density at radius 1 is 1.42 bits per heavy atom. The second kappa shape index (κ2) is 2.30. The summed E-state index contributed by atoms with van der Waals surface area (Å²) in [5.74, 6) is -0.196. The average Bonchev–Trinajstić information content (AvgIpc) is 2.29. The minimum atomic E-state index is -0.196. The Hall–Kier alpha value is -1.38. The van der Waals surface area contributed by atoms with E-state index in [2.05, 4.69) is 5.10 Å². The fraction of sp³-hybridized carbons (Fsp3) is 0.222. The second-order valence-electron chi connectivity index (χ2n) is 2.98. The maximum absolute atomic E-state index is 13.2. The van der Waals surface area contributed by atoms with E-state index in [0.29, 0.717) is 5.39 Å². The molecule has 2 rings (SSSR count). The molecule has 0 saturated carbocycles. The van der Waals surface area contributed by atoms with Gasteiger partial charge in [-0.2, -0.15) is 5.10 Å². The molecule has 2 nitrogen and oxygen atoms in total. The van der Waals surface area contributed by atoms with Crippen molar-refractivity contribution in [3.05, 3.63) is 29.7 Å². The molecule has 0 bridgehead atoms. The Balaban J connectivity index is 2.88. The molecule has 0 aliphatic rings. The van der Waals surface area contributed by atoms with E-state index in [1.54, 1.807) is 17.9 Å². The van der Waals surface area contributed by atoms with Crippen molar-refractivity contribution in [1.82, 2.24) is 9.78 Å². The first kappa shape index (κ1) is 7.28. The van der Waals surface area contributed by atoms with Crippen molar-refractivity contribution in [1.29, 1.82) is 0 Å². The lowest BCUT2D eigenvalue weighted by molar-refractivity contribution is 0.638. The van der Waals surface area contributed by atoms with Crippen LogP contribution in [0, 0.1) is 12.7 Å². The monoisotopic (exact) mass is 164 g/mol. The summed E-state index contributed by atoms with van der Waals surface area (Å²) in [5, 5.41) is 4.70. The molecule has 0 radical (unpaired) electrons. The van der Waals surface area contributed by atoms with Crippen molar-refractivity contribution in [2.24, 2.45) is 7.05 Å². The van der Waals surface area contributed by atoms with Crippen LogP contribution in [0.1, 0.15) is 5.56 Å². The van der Waals surface area contributed by atoms with Crippen molar-refractivity contribution in [2.75, 3.05) is 0 Å². The van der Waals surface area contributed by atoms with Crippen LogP contribution in [0.4, 0.5) is 4.39 Å². The van der Waals surface area contributed by atoms with Gasteiger partial charge in [0.15, 0.2) is 0 Å². The first-order chi connectivity index (χ1) is 5.66. The topological polar surface area (TPSA) is 17.8 Å². The highest BCUT2D eigenvalue weighted by atomic mass is 19.1. The van der Waals surface area contributed by atoms with Gasteiger partial charge in [-0.3, -0.25) is 4.68 Å². The fourth-order valence-electron chi connectivity index (χ4n) is 1.33. The lowest BCUT2D eigenvalue weighted by Gasteiger charge is -1.92. The Labute approximate surface area is 69.6 Å². The summed E-state index contributed by atoms with van der Waals surface area (Å²) in [6, 6.07) is 3.39. The zero-order valence-corrected chi connectivity index (χ0v) is 7.00. The van der Waals surface area contributed by atoms with Gasteiger partial charge in [-0.25, -0.2) is 4.39 Å². The number of hydrogen-bond donors (Lipinski definition) is 0. The molecule has 2 aromatic rings. The van der Waals surface area contributed by atoms with Crippen molar-refractivity contribution in [3.8, 4) is 0 Å². The standard InChI is InChI=1S/C9H9FN2/c1-6-3-8(10)7-5-12(2)11-9(7)4-6/h3-5H,1-2H3. The lowest BCUT2D eigenvalue weighted by atomic mass is 10.2. The van der Waals surface area contributed by atoms with Crippen LogP contribution in [0.15, 0.2) is 18.3 Å². The number of nitrogens with zero attached hydrogens (tertiary/aromatic N) is 2. The zero-order valence-electron chi connectivity index (χ0n) is 7.00. The van der Waals surface area contributed by atoms with E-state index in [1.165, 1.54) is 6.07 Å². The summed E-state index contributed by atoms with van der Waals surface area (Å²) in [6.07, 6.45) is 1.68. The summed E-state index contributed by atoms with van der Waals surface area (Å²) in [7, 11) is 1.79. The minimum absolute atomic E-state index is 0.196. The van der Waals surface area contributed by atoms with Crippen LogP contribution in [0.2, 0.25) is 0 Å². The molecule has 62 valence electrons. The largest absolute Gasteiger partial charge is 0.274 e. The third kappa shape index (κ3) is 0.978. The van der Waals surface area contributed by atoms with E-state index in [1.807, 2.05) is 13.0 Å². The lowest BCUT2D eigenvalue weighted by Crippen LogP contribution is -1.84. The van der Waals surface area contributed by atoms with Crippen LogP contribution >= 0.6 is 0 Å². The summed E-state index contributed by atoms with van der Waals surface area (Å²) in [5.41, 5.74) is 1.62. The molecule has 12 heavy (non-hydrogen) atoms. The van der Waals surface area contributed by atoms with E-state index >= 15 is 0 Å². The van der Waals surface area contributed by atoms with Crippen molar-refractivity contribution < 1.29 is 4.39 Å². The third-order valence-corrected chi connectivity index (χ3v) is 1.83. The van der Waals surface area contributed by atoms with E-state index in [9.17, 15) is 4.39 Å². The van der Waals surface area contributed by atoms with Gasteiger partial charge in [0.25, 0.3) is 0 Å². The minimum Gasteiger partial charge on any atom is -0.274 e. The summed E-state index contributed by atoms with van der Waals surface area (Å²) >= 11 is 0. The molecule has 0 spiro atoms. The molecular weight excluding hydrogens is 155 g/mol. The van der Waals surface area contributed by atoms with Gasteiger partial charge in [0, 0.05) is 13.2 Å². The van der Waals surface area contributed by atoms with E-state index in [0.717, 1.165) is 11.1 Å². The first-order valence-electron chi connectivity index (χ1n) is 3.76. The Kier molecular flexibility index (Phi) is 1.40. The Morgan fingerprint density at radius 3 is 2.92 bits per heavy atom. The highest BCUT2D eigenvalue weighted by Crippen LogP contribution is 2.17. The Bertz CT molecular complexity index is 431. The molecular formula is C9H9FN2. The van der Waals surface area contributed by atoms with Gasteiger partial charge in [-0.05, 0) is 24.6 Å². The molecule has 1 aromatic carbocycles. The molecule has 0 saturated heterocycles. The van der Waals surface area contributed by atoms with Crippen LogP contribution in [0.3, 0.4) is 0 Å². The summed E-state index contributed by atoms with van der Waals surface area (Å²) < 4.78 is 14.8. The summed E-state index contributed by atoms with van der Waals surface area (Å²) in [4.78, 5) is 0. The maximum atomic E-state index is 13.2. The normalized spacial score (nSPS) is 10.9. The van der Waals surface area contributed by atoms with Gasteiger partial charge in [0.1, 0.15) is 5.82 Å². The number of fused-ring (bicyclic) bond motifs is 1. The van der Waals surface area contributed by atoms with Crippen LogP contribution in [0.25, 0.3) is 10.9 Å². The van der Waals surface area contributed by atoms with E-state index in [4.69, 9.17) is 0 Å². The molecule has 3 heteroatoms. The first-order valence-corrected chi connectivity index (χ1v) is 3.76. The smallest absolute Gasteiger partial charge is 0.134 e. The molecule has 1 aromatic heterocycles. The zero-order chi connectivity index (χ0) is 8.72. The van der Waals surface area contributed by atoms with E-state index < -0.39 is 0 Å². The van der Waals surface area contributed by atoms with Crippen LogP contribution in [-0.4, -0.2) is 9.78 Å².